The van der Waals surface area contributed by atoms with Crippen LogP contribution < -0.4 is 0 Å². The number of rotatable bonds is 3. The van der Waals surface area contributed by atoms with Gasteiger partial charge in [-0.15, -0.1) is 0 Å². The van der Waals surface area contributed by atoms with Gasteiger partial charge in [0.05, 0.1) is 17.4 Å². The number of hydrogen-bond donors (Lipinski definition) is 0. The molecular weight excluding hydrogens is 244 g/mol. The molecule has 0 radical (unpaired) electrons. The predicted molar refractivity (Wildman–Crippen MR) is 50.2 cm³/mol. The Kier molecular flexibility index (Phi) is 3.68. The third-order valence-electron chi connectivity index (χ3n) is 1.73. The first-order chi connectivity index (χ1) is 7.47. The van der Waals surface area contributed by atoms with Gasteiger partial charge in [-0.3, -0.25) is 10.1 Å². The van der Waals surface area contributed by atoms with E-state index in [2.05, 4.69) is 4.98 Å². The first kappa shape index (κ1) is 12.3. The van der Waals surface area contributed by atoms with Crippen molar-refractivity contribution in [2.75, 3.05) is 0 Å². The molecule has 0 aliphatic carbocycles. The van der Waals surface area contributed by atoms with E-state index in [-0.39, 0.29) is 17.1 Å². The second-order valence-electron chi connectivity index (χ2n) is 2.73. The van der Waals surface area contributed by atoms with Crippen LogP contribution in [0.2, 0.25) is 5.15 Å². The summed E-state index contributed by atoms with van der Waals surface area (Å²) in [7, 11) is 0. The van der Waals surface area contributed by atoms with Crippen molar-refractivity contribution in [2.45, 2.75) is 12.8 Å². The molecule has 16 heavy (non-hydrogen) atoms. The Hall–Kier alpha value is -1.81. The molecule has 0 amide bonds. The van der Waals surface area contributed by atoms with Crippen LogP contribution in [-0.2, 0) is 6.42 Å². The Morgan fingerprint density at radius 1 is 1.69 bits per heavy atom. The SMILES string of the molecule is N#CCc1cc(Cl)nc(C(F)F)c1[N+](=O)[O-]. The highest BCUT2D eigenvalue weighted by atomic mass is 35.5. The minimum Gasteiger partial charge on any atom is -0.258 e. The molecule has 0 unspecified atom stereocenters. The molecular formula is C8H4ClF2N3O2. The maximum atomic E-state index is 12.5. The van der Waals surface area contributed by atoms with E-state index in [1.807, 2.05) is 0 Å². The molecule has 1 rings (SSSR count). The summed E-state index contributed by atoms with van der Waals surface area (Å²) >= 11 is 5.43. The molecule has 8 heteroatoms. The lowest BCUT2D eigenvalue weighted by Crippen LogP contribution is -2.04. The van der Waals surface area contributed by atoms with Crippen LogP contribution >= 0.6 is 11.6 Å². The van der Waals surface area contributed by atoms with Crippen molar-refractivity contribution >= 4 is 17.3 Å². The largest absolute Gasteiger partial charge is 0.300 e. The van der Waals surface area contributed by atoms with Crippen molar-refractivity contribution in [3.63, 3.8) is 0 Å². The summed E-state index contributed by atoms with van der Waals surface area (Å²) in [4.78, 5) is 12.8. The maximum absolute atomic E-state index is 12.5. The number of halogens is 3. The van der Waals surface area contributed by atoms with E-state index in [0.29, 0.717) is 0 Å². The first-order valence-corrected chi connectivity index (χ1v) is 4.34. The van der Waals surface area contributed by atoms with Crippen LogP contribution in [0.15, 0.2) is 6.07 Å². The van der Waals surface area contributed by atoms with Crippen LogP contribution in [-0.4, -0.2) is 9.91 Å². The Bertz CT molecular complexity index is 473. The molecule has 0 bridgehead atoms. The molecule has 1 heterocycles. The van der Waals surface area contributed by atoms with Gasteiger partial charge < -0.3 is 0 Å². The van der Waals surface area contributed by atoms with E-state index in [0.717, 1.165) is 6.07 Å². The van der Waals surface area contributed by atoms with Crippen molar-refractivity contribution in [3.05, 3.63) is 32.6 Å². The summed E-state index contributed by atoms with van der Waals surface area (Å²) in [6, 6.07) is 2.67. The van der Waals surface area contributed by atoms with Crippen molar-refractivity contribution in [1.82, 2.24) is 4.98 Å². The van der Waals surface area contributed by atoms with E-state index >= 15 is 0 Å². The molecule has 0 aliphatic heterocycles. The average molecular weight is 248 g/mol. The summed E-state index contributed by atoms with van der Waals surface area (Å²) in [5.41, 5.74) is -2.02. The predicted octanol–water partition coefficient (Wildman–Crippen LogP) is 2.65. The Balaban J connectivity index is 3.48. The van der Waals surface area contributed by atoms with E-state index in [4.69, 9.17) is 16.9 Å². The van der Waals surface area contributed by atoms with Gasteiger partial charge in [0, 0.05) is 5.56 Å². The molecule has 5 nitrogen and oxygen atoms in total. The van der Waals surface area contributed by atoms with Crippen molar-refractivity contribution in [2.24, 2.45) is 0 Å². The lowest BCUT2D eigenvalue weighted by atomic mass is 10.1. The Labute approximate surface area is 93.4 Å². The fraction of sp³-hybridized carbons (Fsp3) is 0.250. The lowest BCUT2D eigenvalue weighted by molar-refractivity contribution is -0.387. The molecule has 0 atom stereocenters. The third-order valence-corrected chi connectivity index (χ3v) is 1.92. The Morgan fingerprint density at radius 3 is 2.75 bits per heavy atom. The number of hydrogen-bond acceptors (Lipinski definition) is 4. The molecule has 0 saturated carbocycles. The standard InChI is InChI=1S/C8H4ClF2N3O2/c9-5-3-4(1-2-12)7(14(15)16)6(13-5)8(10)11/h3,8H,1H2. The van der Waals surface area contributed by atoms with Crippen LogP contribution in [0, 0.1) is 21.4 Å². The quantitative estimate of drug-likeness (QED) is 0.467. The van der Waals surface area contributed by atoms with Gasteiger partial charge in [0.1, 0.15) is 5.15 Å². The van der Waals surface area contributed by atoms with Gasteiger partial charge in [-0.25, -0.2) is 13.8 Å². The number of pyridine rings is 1. The molecule has 1 aromatic rings. The fourth-order valence-corrected chi connectivity index (χ4v) is 1.38. The van der Waals surface area contributed by atoms with Crippen LogP contribution in [0.3, 0.4) is 0 Å². The van der Waals surface area contributed by atoms with E-state index in [1.165, 1.54) is 0 Å². The van der Waals surface area contributed by atoms with Gasteiger partial charge in [-0.1, -0.05) is 11.6 Å². The third kappa shape index (κ3) is 2.41. The number of alkyl halides is 2. The zero-order chi connectivity index (χ0) is 12.3. The van der Waals surface area contributed by atoms with Gasteiger partial charge in [0.25, 0.3) is 6.43 Å². The topological polar surface area (TPSA) is 79.8 Å². The van der Waals surface area contributed by atoms with E-state index in [1.54, 1.807) is 6.07 Å². The van der Waals surface area contributed by atoms with Gasteiger partial charge in [-0.05, 0) is 6.07 Å². The van der Waals surface area contributed by atoms with Crippen LogP contribution in [0.5, 0.6) is 0 Å². The first-order valence-electron chi connectivity index (χ1n) is 3.96. The number of nitriles is 1. The summed E-state index contributed by atoms with van der Waals surface area (Å²) in [5, 5.41) is 18.7. The molecule has 0 aliphatic rings. The fourth-order valence-electron chi connectivity index (χ4n) is 1.16. The van der Waals surface area contributed by atoms with E-state index in [9.17, 15) is 18.9 Å². The number of nitrogens with zero attached hydrogens (tertiary/aromatic N) is 3. The van der Waals surface area contributed by atoms with E-state index < -0.39 is 22.7 Å². The molecule has 0 spiro atoms. The summed E-state index contributed by atoms with van der Waals surface area (Å²) in [6.07, 6.45) is -3.49. The molecule has 0 fully saturated rings. The molecule has 0 saturated heterocycles. The molecule has 0 aromatic carbocycles. The second-order valence-corrected chi connectivity index (χ2v) is 3.12. The average Bonchev–Trinajstić information content (AvgIpc) is 2.16. The van der Waals surface area contributed by atoms with Crippen LogP contribution in [0.1, 0.15) is 17.7 Å². The number of nitro groups is 1. The Morgan fingerprint density at radius 2 is 2.31 bits per heavy atom. The van der Waals surface area contributed by atoms with Crippen molar-refractivity contribution in [3.8, 4) is 6.07 Å². The minimum atomic E-state index is -3.11. The number of aromatic nitrogens is 1. The zero-order valence-electron chi connectivity index (χ0n) is 7.65. The lowest BCUT2D eigenvalue weighted by Gasteiger charge is -2.05. The highest BCUT2D eigenvalue weighted by molar-refractivity contribution is 6.29. The van der Waals surface area contributed by atoms with Crippen molar-refractivity contribution < 1.29 is 13.7 Å². The van der Waals surface area contributed by atoms with Gasteiger partial charge >= 0.3 is 5.69 Å². The second kappa shape index (κ2) is 4.81. The minimum absolute atomic E-state index is 0.164. The van der Waals surface area contributed by atoms with Crippen LogP contribution in [0.25, 0.3) is 0 Å². The maximum Gasteiger partial charge on any atom is 0.300 e. The molecule has 0 N–H and O–H groups in total. The monoisotopic (exact) mass is 247 g/mol. The highest BCUT2D eigenvalue weighted by Crippen LogP contribution is 2.32. The van der Waals surface area contributed by atoms with Crippen LogP contribution in [0.4, 0.5) is 14.5 Å². The molecule has 84 valence electrons. The van der Waals surface area contributed by atoms with Gasteiger partial charge in [0.2, 0.25) is 0 Å². The van der Waals surface area contributed by atoms with Gasteiger partial charge in [0.15, 0.2) is 5.69 Å². The van der Waals surface area contributed by atoms with Crippen molar-refractivity contribution in [1.29, 1.82) is 5.26 Å². The zero-order valence-corrected chi connectivity index (χ0v) is 8.41. The summed E-state index contributed by atoms with van der Waals surface area (Å²) < 4.78 is 25.0. The summed E-state index contributed by atoms with van der Waals surface area (Å²) in [6.45, 7) is 0. The smallest absolute Gasteiger partial charge is 0.258 e. The highest BCUT2D eigenvalue weighted by Gasteiger charge is 2.28. The molecule has 1 aromatic heterocycles. The summed E-state index contributed by atoms with van der Waals surface area (Å²) in [5.74, 6) is 0. The normalized spacial score (nSPS) is 10.2. The van der Waals surface area contributed by atoms with Gasteiger partial charge in [-0.2, -0.15) is 5.26 Å².